The molecule has 0 bridgehead atoms. The lowest BCUT2D eigenvalue weighted by Gasteiger charge is -2.05. The highest BCUT2D eigenvalue weighted by Gasteiger charge is 2.29. The number of ketones is 1. The van der Waals surface area contributed by atoms with Crippen molar-refractivity contribution in [2.75, 3.05) is 5.32 Å². The molecule has 0 aliphatic carbocycles. The van der Waals surface area contributed by atoms with Gasteiger partial charge >= 0.3 is 6.18 Å². The van der Waals surface area contributed by atoms with Gasteiger partial charge in [0.05, 0.1) is 29.7 Å². The van der Waals surface area contributed by atoms with Crippen LogP contribution in [0.5, 0.6) is 0 Å². The summed E-state index contributed by atoms with van der Waals surface area (Å²) >= 11 is 0. The van der Waals surface area contributed by atoms with Crippen molar-refractivity contribution >= 4 is 23.5 Å². The summed E-state index contributed by atoms with van der Waals surface area (Å²) in [7, 11) is 0. The topological polar surface area (TPSA) is 76.9 Å². The highest BCUT2D eigenvalue weighted by molar-refractivity contribution is 6.01. The first-order chi connectivity index (χ1) is 14.2. The summed E-state index contributed by atoms with van der Waals surface area (Å²) < 4.78 is 39.2. The number of carbonyl (C=O) groups excluding carboxylic acids is 2. The SMILES string of the molecule is CC(=O)c1cccc(Cn2cc(NC(=O)/C=C\c3ccc(C(F)(F)F)cc3)cn2)n1. The number of benzene rings is 1. The number of rotatable bonds is 6. The molecule has 30 heavy (non-hydrogen) atoms. The van der Waals surface area contributed by atoms with Crippen LogP contribution in [0.25, 0.3) is 6.08 Å². The van der Waals surface area contributed by atoms with E-state index in [4.69, 9.17) is 0 Å². The third-order valence-electron chi connectivity index (χ3n) is 4.06. The van der Waals surface area contributed by atoms with Crippen molar-refractivity contribution < 1.29 is 22.8 Å². The van der Waals surface area contributed by atoms with Crippen LogP contribution in [0.1, 0.15) is 34.2 Å². The molecule has 0 spiro atoms. The Hall–Kier alpha value is -3.75. The van der Waals surface area contributed by atoms with E-state index in [2.05, 4.69) is 15.4 Å². The van der Waals surface area contributed by atoms with Gasteiger partial charge in [0, 0.05) is 19.2 Å². The fourth-order valence-electron chi connectivity index (χ4n) is 2.58. The lowest BCUT2D eigenvalue weighted by molar-refractivity contribution is -0.137. The second-order valence-corrected chi connectivity index (χ2v) is 6.44. The van der Waals surface area contributed by atoms with Crippen LogP contribution in [0, 0.1) is 0 Å². The minimum Gasteiger partial charge on any atom is -0.320 e. The minimum atomic E-state index is -4.40. The largest absolute Gasteiger partial charge is 0.416 e. The van der Waals surface area contributed by atoms with Gasteiger partial charge in [0.25, 0.3) is 0 Å². The van der Waals surface area contributed by atoms with Gasteiger partial charge in [0.1, 0.15) is 5.69 Å². The smallest absolute Gasteiger partial charge is 0.320 e. The van der Waals surface area contributed by atoms with Gasteiger partial charge in [-0.2, -0.15) is 18.3 Å². The molecule has 1 aromatic carbocycles. The second kappa shape index (κ2) is 8.73. The third-order valence-corrected chi connectivity index (χ3v) is 4.06. The van der Waals surface area contributed by atoms with Crippen LogP contribution in [0.2, 0.25) is 0 Å². The van der Waals surface area contributed by atoms with E-state index in [-0.39, 0.29) is 5.78 Å². The molecule has 3 aromatic rings. The average molecular weight is 414 g/mol. The van der Waals surface area contributed by atoms with Crippen molar-refractivity contribution in [3.63, 3.8) is 0 Å². The van der Waals surface area contributed by atoms with E-state index in [1.54, 1.807) is 29.1 Å². The summed E-state index contributed by atoms with van der Waals surface area (Å²) in [6.07, 6.45) is 1.29. The summed E-state index contributed by atoms with van der Waals surface area (Å²) in [6, 6.07) is 9.60. The van der Waals surface area contributed by atoms with E-state index in [9.17, 15) is 22.8 Å². The maximum absolute atomic E-state index is 12.6. The first-order valence-corrected chi connectivity index (χ1v) is 8.86. The predicted molar refractivity (Wildman–Crippen MR) is 105 cm³/mol. The summed E-state index contributed by atoms with van der Waals surface area (Å²) in [5, 5.41) is 6.76. The van der Waals surface area contributed by atoms with Crippen molar-refractivity contribution in [3.8, 4) is 0 Å². The van der Waals surface area contributed by atoms with Gasteiger partial charge in [-0.05, 0) is 35.9 Å². The molecule has 6 nitrogen and oxygen atoms in total. The number of nitrogens with zero attached hydrogens (tertiary/aromatic N) is 3. The minimum absolute atomic E-state index is 0.134. The van der Waals surface area contributed by atoms with E-state index >= 15 is 0 Å². The van der Waals surface area contributed by atoms with Crippen LogP contribution in [0.15, 0.2) is 60.9 Å². The summed E-state index contributed by atoms with van der Waals surface area (Å²) in [5.41, 5.74) is 1.16. The molecule has 0 saturated carbocycles. The lowest BCUT2D eigenvalue weighted by Crippen LogP contribution is -2.08. The van der Waals surface area contributed by atoms with Crippen LogP contribution in [0.4, 0.5) is 18.9 Å². The van der Waals surface area contributed by atoms with Crippen molar-refractivity contribution in [2.45, 2.75) is 19.6 Å². The molecule has 154 valence electrons. The van der Waals surface area contributed by atoms with Crippen molar-refractivity contribution in [3.05, 3.63) is 83.4 Å². The molecule has 0 aliphatic rings. The molecular weight excluding hydrogens is 397 g/mol. The Morgan fingerprint density at radius 2 is 1.87 bits per heavy atom. The van der Waals surface area contributed by atoms with Gasteiger partial charge in [-0.3, -0.25) is 14.3 Å². The molecule has 0 radical (unpaired) electrons. The lowest BCUT2D eigenvalue weighted by atomic mass is 10.1. The number of nitrogens with one attached hydrogen (secondary N) is 1. The number of Topliss-reactive ketones (excluding diaryl/α,β-unsaturated/α-hetero) is 1. The average Bonchev–Trinajstić information content (AvgIpc) is 3.13. The Morgan fingerprint density at radius 1 is 1.13 bits per heavy atom. The number of carbonyl (C=O) groups is 2. The molecule has 0 unspecified atom stereocenters. The van der Waals surface area contributed by atoms with E-state index in [1.165, 1.54) is 37.4 Å². The van der Waals surface area contributed by atoms with Gasteiger partial charge in [-0.1, -0.05) is 18.2 Å². The number of aromatic nitrogens is 3. The summed E-state index contributed by atoms with van der Waals surface area (Å²) in [5.74, 6) is -0.587. The van der Waals surface area contributed by atoms with Gasteiger partial charge in [-0.15, -0.1) is 0 Å². The predicted octanol–water partition coefficient (Wildman–Crippen LogP) is 4.20. The number of amides is 1. The van der Waals surface area contributed by atoms with E-state index in [0.717, 1.165) is 12.1 Å². The zero-order valence-electron chi connectivity index (χ0n) is 15.8. The molecular formula is C21H17F3N4O2. The van der Waals surface area contributed by atoms with Crippen LogP contribution >= 0.6 is 0 Å². The molecule has 0 fully saturated rings. The van der Waals surface area contributed by atoms with Crippen LogP contribution in [-0.2, 0) is 17.5 Å². The van der Waals surface area contributed by atoms with Crippen LogP contribution in [0.3, 0.4) is 0 Å². The van der Waals surface area contributed by atoms with Crippen LogP contribution in [-0.4, -0.2) is 26.5 Å². The Labute approximate surface area is 170 Å². The van der Waals surface area contributed by atoms with Gasteiger partial charge in [-0.25, -0.2) is 4.98 Å². The molecule has 3 rings (SSSR count). The number of hydrogen-bond acceptors (Lipinski definition) is 4. The van der Waals surface area contributed by atoms with Crippen molar-refractivity contribution in [1.29, 1.82) is 0 Å². The van der Waals surface area contributed by atoms with Crippen molar-refractivity contribution in [2.24, 2.45) is 0 Å². The Balaban J connectivity index is 1.59. The highest BCUT2D eigenvalue weighted by atomic mass is 19.4. The van der Waals surface area contributed by atoms with Crippen LogP contribution < -0.4 is 5.32 Å². The highest BCUT2D eigenvalue weighted by Crippen LogP contribution is 2.29. The molecule has 1 N–H and O–H groups in total. The van der Waals surface area contributed by atoms with E-state index < -0.39 is 17.6 Å². The summed E-state index contributed by atoms with van der Waals surface area (Å²) in [4.78, 5) is 27.7. The number of anilines is 1. The van der Waals surface area contributed by atoms with Crippen molar-refractivity contribution in [1.82, 2.24) is 14.8 Å². The molecule has 0 atom stereocenters. The zero-order chi connectivity index (χ0) is 21.7. The first kappa shape index (κ1) is 21.0. The summed E-state index contributed by atoms with van der Waals surface area (Å²) in [6.45, 7) is 1.75. The van der Waals surface area contributed by atoms with Gasteiger partial charge < -0.3 is 5.32 Å². The molecule has 0 aliphatic heterocycles. The number of alkyl halides is 3. The van der Waals surface area contributed by atoms with Gasteiger partial charge in [0.2, 0.25) is 5.91 Å². The standard InChI is InChI=1S/C21H17F3N4O2/c1-14(29)19-4-2-3-17(26-19)12-28-13-18(11-25-28)27-20(30)10-7-15-5-8-16(9-6-15)21(22,23)24/h2-11,13H,12H2,1H3,(H,27,30)/b10-7-. The monoisotopic (exact) mass is 414 g/mol. The normalized spacial score (nSPS) is 11.6. The van der Waals surface area contributed by atoms with E-state index in [1.807, 2.05) is 0 Å². The molecule has 2 heterocycles. The first-order valence-electron chi connectivity index (χ1n) is 8.86. The van der Waals surface area contributed by atoms with Gasteiger partial charge in [0.15, 0.2) is 5.78 Å². The molecule has 2 aromatic heterocycles. The quantitative estimate of drug-likeness (QED) is 0.485. The fraction of sp³-hybridized carbons (Fsp3) is 0.143. The maximum Gasteiger partial charge on any atom is 0.416 e. The fourth-order valence-corrected chi connectivity index (χ4v) is 2.58. The van der Waals surface area contributed by atoms with E-state index in [0.29, 0.717) is 29.2 Å². The molecule has 1 amide bonds. The number of halogens is 3. The Morgan fingerprint density at radius 3 is 2.53 bits per heavy atom. The Bertz CT molecular complexity index is 1090. The molecule has 9 heteroatoms. The number of hydrogen-bond donors (Lipinski definition) is 1. The second-order valence-electron chi connectivity index (χ2n) is 6.44. The third kappa shape index (κ3) is 5.63. The Kier molecular flexibility index (Phi) is 6.10. The molecule has 0 saturated heterocycles. The maximum atomic E-state index is 12.6. The number of pyridine rings is 1. The zero-order valence-corrected chi connectivity index (χ0v) is 15.8.